The number of ketones is 1. The number of amides is 1. The fourth-order valence-corrected chi connectivity index (χ4v) is 4.40. The molecule has 1 amide bonds. The third-order valence-electron chi connectivity index (χ3n) is 6.18. The molecule has 0 aromatic heterocycles. The highest BCUT2D eigenvalue weighted by atomic mass is 16.5. The van der Waals surface area contributed by atoms with Gasteiger partial charge in [-0.3, -0.25) is 14.5 Å². The van der Waals surface area contributed by atoms with Crippen molar-refractivity contribution in [2.75, 3.05) is 4.90 Å². The molecular weight excluding hydrogens is 438 g/mol. The summed E-state index contributed by atoms with van der Waals surface area (Å²) in [7, 11) is 0. The zero-order chi connectivity index (χ0) is 24.9. The van der Waals surface area contributed by atoms with Crippen LogP contribution in [-0.4, -0.2) is 22.9 Å². The molecule has 0 saturated carbocycles. The number of Topliss-reactive ketones (excluding diaryl/α,β-unsaturated/α-hetero) is 1. The van der Waals surface area contributed by atoms with Gasteiger partial charge in [0, 0.05) is 12.1 Å². The van der Waals surface area contributed by atoms with Gasteiger partial charge in [0.1, 0.15) is 5.75 Å². The van der Waals surface area contributed by atoms with Gasteiger partial charge in [0.25, 0.3) is 5.91 Å². The largest absolute Gasteiger partial charge is 0.503 e. The molecule has 1 aliphatic rings. The Balaban J connectivity index is 1.69. The second-order valence-corrected chi connectivity index (χ2v) is 9.00. The summed E-state index contributed by atoms with van der Waals surface area (Å²) in [5, 5.41) is 10.9. The molecule has 4 rings (SSSR count). The van der Waals surface area contributed by atoms with Gasteiger partial charge in [-0.25, -0.2) is 0 Å². The van der Waals surface area contributed by atoms with Crippen LogP contribution in [0.15, 0.2) is 90.2 Å². The Labute approximate surface area is 206 Å². The number of carbonyl (C=O) groups is 2. The molecule has 1 unspecified atom stereocenters. The summed E-state index contributed by atoms with van der Waals surface area (Å²) in [6, 6.07) is 24.1. The van der Waals surface area contributed by atoms with Crippen LogP contribution < -0.4 is 9.64 Å². The predicted molar refractivity (Wildman–Crippen MR) is 138 cm³/mol. The van der Waals surface area contributed by atoms with Crippen LogP contribution in [0.5, 0.6) is 5.75 Å². The summed E-state index contributed by atoms with van der Waals surface area (Å²) in [6.45, 7) is 5.97. The summed E-state index contributed by atoms with van der Waals surface area (Å²) < 4.78 is 5.73. The van der Waals surface area contributed by atoms with E-state index >= 15 is 0 Å². The number of hydrogen-bond donors (Lipinski definition) is 1. The molecule has 0 spiro atoms. The standard InChI is InChI=1S/C30H31NO4/c1-4-21-10-13-23(14-11-21)28-27(26(32)19-12-22-8-6-5-7-9-22)29(33)30(34)31(28)24-15-17-25(18-16-24)35-20(2)3/h5-11,13-18,20,28,33H,4,12,19H2,1-3H3. The lowest BCUT2D eigenvalue weighted by Gasteiger charge is -2.27. The SMILES string of the molecule is CCc1ccc(C2C(C(=O)CCc3ccccc3)=C(O)C(=O)N2c2ccc(OC(C)C)cc2)cc1. The topological polar surface area (TPSA) is 66.8 Å². The van der Waals surface area contributed by atoms with E-state index in [-0.39, 0.29) is 23.9 Å². The van der Waals surface area contributed by atoms with E-state index in [0.29, 0.717) is 17.9 Å². The minimum Gasteiger partial charge on any atom is -0.503 e. The number of ether oxygens (including phenoxy) is 1. The quantitative estimate of drug-likeness (QED) is 0.409. The number of aliphatic hydroxyl groups excluding tert-OH is 1. The molecule has 1 atom stereocenters. The maximum atomic E-state index is 13.4. The Kier molecular flexibility index (Phi) is 7.35. The van der Waals surface area contributed by atoms with E-state index in [1.807, 2.05) is 68.4 Å². The average Bonchev–Trinajstić information content (AvgIpc) is 3.14. The van der Waals surface area contributed by atoms with Crippen molar-refractivity contribution in [2.24, 2.45) is 0 Å². The van der Waals surface area contributed by atoms with Gasteiger partial charge in [0.2, 0.25) is 0 Å². The fourth-order valence-electron chi connectivity index (χ4n) is 4.40. The molecule has 5 nitrogen and oxygen atoms in total. The molecule has 1 N–H and O–H groups in total. The Morgan fingerprint density at radius 1 is 0.943 bits per heavy atom. The normalized spacial score (nSPS) is 15.7. The highest BCUT2D eigenvalue weighted by molar-refractivity contribution is 6.16. The van der Waals surface area contributed by atoms with Gasteiger partial charge in [-0.2, -0.15) is 0 Å². The van der Waals surface area contributed by atoms with E-state index in [1.165, 1.54) is 4.90 Å². The molecule has 1 aliphatic heterocycles. The van der Waals surface area contributed by atoms with E-state index in [2.05, 4.69) is 6.92 Å². The number of aryl methyl sites for hydroxylation is 2. The van der Waals surface area contributed by atoms with Gasteiger partial charge in [-0.05, 0) is 67.6 Å². The molecule has 35 heavy (non-hydrogen) atoms. The van der Waals surface area contributed by atoms with Crippen molar-refractivity contribution in [3.63, 3.8) is 0 Å². The number of rotatable bonds is 9. The van der Waals surface area contributed by atoms with Crippen molar-refractivity contribution in [2.45, 2.75) is 52.2 Å². The zero-order valence-electron chi connectivity index (χ0n) is 20.4. The fraction of sp³-hybridized carbons (Fsp3) is 0.267. The molecule has 180 valence electrons. The van der Waals surface area contributed by atoms with Gasteiger partial charge in [0.05, 0.1) is 17.7 Å². The highest BCUT2D eigenvalue weighted by Crippen LogP contribution is 2.42. The van der Waals surface area contributed by atoms with Gasteiger partial charge in [-0.15, -0.1) is 0 Å². The van der Waals surface area contributed by atoms with Gasteiger partial charge >= 0.3 is 0 Å². The van der Waals surface area contributed by atoms with Gasteiger partial charge < -0.3 is 9.84 Å². The molecule has 0 aliphatic carbocycles. The van der Waals surface area contributed by atoms with Crippen LogP contribution in [0.2, 0.25) is 0 Å². The second kappa shape index (κ2) is 10.6. The number of aliphatic hydroxyl groups is 1. The lowest BCUT2D eigenvalue weighted by atomic mass is 9.92. The molecule has 0 radical (unpaired) electrons. The summed E-state index contributed by atoms with van der Waals surface area (Å²) in [5.41, 5.74) is 3.72. The summed E-state index contributed by atoms with van der Waals surface area (Å²) in [5.74, 6) is -0.590. The van der Waals surface area contributed by atoms with Crippen molar-refractivity contribution in [1.29, 1.82) is 0 Å². The number of nitrogens with zero attached hydrogens (tertiary/aromatic N) is 1. The van der Waals surface area contributed by atoms with Crippen molar-refractivity contribution in [3.05, 3.63) is 107 Å². The number of benzene rings is 3. The first kappa shape index (κ1) is 24.3. The number of hydrogen-bond acceptors (Lipinski definition) is 4. The maximum absolute atomic E-state index is 13.4. The lowest BCUT2D eigenvalue weighted by Crippen LogP contribution is -2.31. The lowest BCUT2D eigenvalue weighted by molar-refractivity contribution is -0.118. The highest BCUT2D eigenvalue weighted by Gasteiger charge is 2.44. The van der Waals surface area contributed by atoms with E-state index in [9.17, 15) is 14.7 Å². The zero-order valence-corrected chi connectivity index (χ0v) is 20.4. The maximum Gasteiger partial charge on any atom is 0.294 e. The number of anilines is 1. The molecule has 3 aromatic carbocycles. The van der Waals surface area contributed by atoms with E-state index in [1.54, 1.807) is 24.3 Å². The second-order valence-electron chi connectivity index (χ2n) is 9.00. The van der Waals surface area contributed by atoms with Crippen molar-refractivity contribution in [3.8, 4) is 5.75 Å². The average molecular weight is 470 g/mol. The van der Waals surface area contributed by atoms with Crippen molar-refractivity contribution in [1.82, 2.24) is 0 Å². The molecule has 0 saturated heterocycles. The molecular formula is C30H31NO4. The first-order valence-corrected chi connectivity index (χ1v) is 12.1. The molecule has 0 fully saturated rings. The van der Waals surface area contributed by atoms with Crippen LogP contribution in [0.3, 0.4) is 0 Å². The van der Waals surface area contributed by atoms with Crippen molar-refractivity contribution < 1.29 is 19.4 Å². The van der Waals surface area contributed by atoms with Gasteiger partial charge in [-0.1, -0.05) is 61.5 Å². The minimum atomic E-state index is -0.700. The monoisotopic (exact) mass is 469 g/mol. The van der Waals surface area contributed by atoms with Crippen LogP contribution in [0.4, 0.5) is 5.69 Å². The smallest absolute Gasteiger partial charge is 0.294 e. The summed E-state index contributed by atoms with van der Waals surface area (Å²) >= 11 is 0. The first-order valence-electron chi connectivity index (χ1n) is 12.1. The third kappa shape index (κ3) is 5.29. The summed E-state index contributed by atoms with van der Waals surface area (Å²) in [4.78, 5) is 28.2. The van der Waals surface area contributed by atoms with Crippen LogP contribution in [-0.2, 0) is 22.4 Å². The summed E-state index contributed by atoms with van der Waals surface area (Å²) in [6.07, 6.45) is 1.65. The number of carbonyl (C=O) groups excluding carboxylic acids is 2. The molecule has 3 aromatic rings. The van der Waals surface area contributed by atoms with Gasteiger partial charge in [0.15, 0.2) is 11.5 Å². The Morgan fingerprint density at radius 3 is 2.20 bits per heavy atom. The van der Waals surface area contributed by atoms with Crippen molar-refractivity contribution >= 4 is 17.4 Å². The Morgan fingerprint density at radius 2 is 1.60 bits per heavy atom. The van der Waals surface area contributed by atoms with E-state index in [0.717, 1.165) is 23.1 Å². The van der Waals surface area contributed by atoms with E-state index < -0.39 is 17.7 Å². The van der Waals surface area contributed by atoms with Crippen LogP contribution >= 0.6 is 0 Å². The molecule has 0 bridgehead atoms. The van der Waals surface area contributed by atoms with Crippen LogP contribution in [0.25, 0.3) is 0 Å². The molecule has 1 heterocycles. The first-order chi connectivity index (χ1) is 16.9. The Hall–Kier alpha value is -3.86. The van der Waals surface area contributed by atoms with Crippen LogP contribution in [0.1, 0.15) is 49.9 Å². The minimum absolute atomic E-state index is 0.0265. The molecule has 5 heteroatoms. The predicted octanol–water partition coefficient (Wildman–Crippen LogP) is 6.14. The van der Waals surface area contributed by atoms with Crippen LogP contribution in [0, 0.1) is 0 Å². The Bertz CT molecular complexity index is 1210. The third-order valence-corrected chi connectivity index (χ3v) is 6.18. The van der Waals surface area contributed by atoms with E-state index in [4.69, 9.17) is 4.74 Å².